The second-order valence-corrected chi connectivity index (χ2v) is 5.55. The molecule has 1 amide bonds. The Labute approximate surface area is 118 Å². The van der Waals surface area contributed by atoms with Crippen LogP contribution in [0.25, 0.3) is 0 Å². The molecule has 2 rings (SSSR count). The minimum absolute atomic E-state index is 0.0158. The summed E-state index contributed by atoms with van der Waals surface area (Å²) in [5, 5.41) is 11.6. The summed E-state index contributed by atoms with van der Waals surface area (Å²) in [6.07, 6.45) is 3.36. The summed E-state index contributed by atoms with van der Waals surface area (Å²) < 4.78 is 0. The minimum Gasteiger partial charge on any atom is -0.506 e. The molecule has 1 aliphatic heterocycles. The molecule has 0 aliphatic carbocycles. The number of phenolic OH excluding ortho intramolecular Hbond substituents is 1. The number of hydrogen-bond donors (Lipinski definition) is 2. The Bertz CT molecular complexity index is 469. The lowest BCUT2D eigenvalue weighted by Crippen LogP contribution is -2.54. The van der Waals surface area contributed by atoms with Crippen LogP contribution in [0.2, 0.25) is 5.02 Å². The maximum absolute atomic E-state index is 12.2. The van der Waals surface area contributed by atoms with Gasteiger partial charge in [0.2, 0.25) is 0 Å². The maximum atomic E-state index is 12.2. The molecule has 19 heavy (non-hydrogen) atoms. The van der Waals surface area contributed by atoms with Crippen LogP contribution in [-0.2, 0) is 0 Å². The third-order valence-electron chi connectivity index (χ3n) is 3.63. The number of amides is 1. The van der Waals surface area contributed by atoms with E-state index in [1.165, 1.54) is 18.6 Å². The van der Waals surface area contributed by atoms with E-state index in [0.717, 1.165) is 12.8 Å². The van der Waals surface area contributed by atoms with Gasteiger partial charge in [0.25, 0.3) is 5.91 Å². The zero-order valence-corrected chi connectivity index (χ0v) is 11.9. The normalized spacial score (nSPS) is 24.2. The van der Waals surface area contributed by atoms with Crippen LogP contribution in [0.3, 0.4) is 0 Å². The van der Waals surface area contributed by atoms with Crippen LogP contribution in [0.15, 0.2) is 18.2 Å². The quantitative estimate of drug-likeness (QED) is 0.877. The molecule has 2 atom stereocenters. The topological polar surface area (TPSA) is 52.6 Å². The zero-order valence-electron chi connectivity index (χ0n) is 11.2. The molecule has 4 nitrogen and oxygen atoms in total. The maximum Gasteiger partial charge on any atom is 0.265 e. The summed E-state index contributed by atoms with van der Waals surface area (Å²) >= 11 is 5.81. The van der Waals surface area contributed by atoms with Gasteiger partial charge in [0.15, 0.2) is 0 Å². The van der Waals surface area contributed by atoms with Crippen LogP contribution < -0.4 is 5.43 Å². The molecule has 0 spiro atoms. The van der Waals surface area contributed by atoms with E-state index >= 15 is 0 Å². The third kappa shape index (κ3) is 3.19. The van der Waals surface area contributed by atoms with Crippen molar-refractivity contribution in [3.63, 3.8) is 0 Å². The van der Waals surface area contributed by atoms with Crippen molar-refractivity contribution in [3.05, 3.63) is 28.8 Å². The molecule has 0 radical (unpaired) electrons. The van der Waals surface area contributed by atoms with Gasteiger partial charge in [-0.25, -0.2) is 5.01 Å². The van der Waals surface area contributed by atoms with Crippen molar-refractivity contribution in [1.29, 1.82) is 0 Å². The van der Waals surface area contributed by atoms with Gasteiger partial charge in [0.05, 0.1) is 5.02 Å². The van der Waals surface area contributed by atoms with Gasteiger partial charge in [0.1, 0.15) is 5.75 Å². The molecule has 1 fully saturated rings. The number of hydrazine groups is 1. The molecule has 1 saturated heterocycles. The first-order valence-electron chi connectivity index (χ1n) is 6.57. The van der Waals surface area contributed by atoms with E-state index in [2.05, 4.69) is 19.3 Å². The molecule has 0 saturated carbocycles. The Morgan fingerprint density at radius 2 is 2.00 bits per heavy atom. The average Bonchev–Trinajstić information content (AvgIpc) is 2.37. The zero-order chi connectivity index (χ0) is 14.0. The molecule has 5 heteroatoms. The first-order valence-corrected chi connectivity index (χ1v) is 6.94. The standard InChI is InChI=1S/C14H19ClN2O2/c1-9-4-3-5-10(2)17(9)16-14(19)11-6-7-13(18)12(15)8-11/h6-10,18H,3-5H2,1-2H3,(H,16,19). The van der Waals surface area contributed by atoms with Gasteiger partial charge in [-0.15, -0.1) is 0 Å². The van der Waals surface area contributed by atoms with E-state index in [9.17, 15) is 9.90 Å². The number of nitrogens with one attached hydrogen (secondary N) is 1. The number of aromatic hydroxyl groups is 1. The van der Waals surface area contributed by atoms with E-state index in [0.29, 0.717) is 17.6 Å². The third-order valence-corrected chi connectivity index (χ3v) is 3.94. The van der Waals surface area contributed by atoms with Gasteiger partial charge >= 0.3 is 0 Å². The molecule has 1 aromatic rings. The number of piperidine rings is 1. The fourth-order valence-corrected chi connectivity index (χ4v) is 2.65. The smallest absolute Gasteiger partial charge is 0.265 e. The molecule has 1 aliphatic rings. The van der Waals surface area contributed by atoms with Crippen molar-refractivity contribution >= 4 is 17.5 Å². The molecule has 2 N–H and O–H groups in total. The number of carbonyl (C=O) groups excluding carboxylic acids is 1. The van der Waals surface area contributed by atoms with Gasteiger partial charge < -0.3 is 5.11 Å². The van der Waals surface area contributed by atoms with Gasteiger partial charge in [-0.3, -0.25) is 10.2 Å². The summed E-state index contributed by atoms with van der Waals surface area (Å²) in [6.45, 7) is 4.22. The lowest BCUT2D eigenvalue weighted by Gasteiger charge is -2.38. The predicted octanol–water partition coefficient (Wildman–Crippen LogP) is 2.95. The Hall–Kier alpha value is -1.26. The molecule has 0 aromatic heterocycles. The Morgan fingerprint density at radius 3 is 2.58 bits per heavy atom. The van der Waals surface area contributed by atoms with Crippen molar-refractivity contribution in [2.24, 2.45) is 0 Å². The van der Waals surface area contributed by atoms with E-state index in [4.69, 9.17) is 11.6 Å². The Morgan fingerprint density at radius 1 is 1.37 bits per heavy atom. The number of halogens is 1. The summed E-state index contributed by atoms with van der Waals surface area (Å²) in [5.74, 6) is -0.208. The molecule has 2 unspecified atom stereocenters. The lowest BCUT2D eigenvalue weighted by molar-refractivity contribution is 0.0370. The second-order valence-electron chi connectivity index (χ2n) is 5.14. The number of phenols is 1. The largest absolute Gasteiger partial charge is 0.506 e. The Kier molecular flexibility index (Phi) is 4.32. The average molecular weight is 283 g/mol. The van der Waals surface area contributed by atoms with Crippen molar-refractivity contribution in [3.8, 4) is 5.75 Å². The van der Waals surface area contributed by atoms with Crippen LogP contribution >= 0.6 is 11.6 Å². The van der Waals surface area contributed by atoms with Gasteiger partial charge in [0, 0.05) is 17.6 Å². The summed E-state index contributed by atoms with van der Waals surface area (Å²) in [4.78, 5) is 12.2. The van der Waals surface area contributed by atoms with Crippen LogP contribution in [0.1, 0.15) is 43.5 Å². The molecule has 1 aromatic carbocycles. The van der Waals surface area contributed by atoms with Gasteiger partial charge in [-0.1, -0.05) is 18.0 Å². The summed E-state index contributed by atoms with van der Waals surface area (Å²) in [5.41, 5.74) is 3.39. The summed E-state index contributed by atoms with van der Waals surface area (Å²) in [7, 11) is 0. The lowest BCUT2D eigenvalue weighted by atomic mass is 10.00. The number of hydrogen-bond acceptors (Lipinski definition) is 3. The van der Waals surface area contributed by atoms with Crippen molar-refractivity contribution in [1.82, 2.24) is 10.4 Å². The van der Waals surface area contributed by atoms with Crippen molar-refractivity contribution in [2.45, 2.75) is 45.2 Å². The number of nitrogens with zero attached hydrogens (tertiary/aromatic N) is 1. The van der Waals surface area contributed by atoms with E-state index in [1.807, 2.05) is 5.01 Å². The molecular formula is C14H19ClN2O2. The van der Waals surface area contributed by atoms with E-state index in [1.54, 1.807) is 6.07 Å². The van der Waals surface area contributed by atoms with E-state index in [-0.39, 0.29) is 16.7 Å². The van der Waals surface area contributed by atoms with Crippen LogP contribution in [0.4, 0.5) is 0 Å². The highest BCUT2D eigenvalue weighted by molar-refractivity contribution is 6.32. The highest BCUT2D eigenvalue weighted by Crippen LogP contribution is 2.24. The first-order chi connectivity index (χ1) is 8.99. The highest BCUT2D eigenvalue weighted by Gasteiger charge is 2.26. The van der Waals surface area contributed by atoms with Crippen LogP contribution in [-0.4, -0.2) is 28.1 Å². The van der Waals surface area contributed by atoms with Crippen molar-refractivity contribution in [2.75, 3.05) is 0 Å². The van der Waals surface area contributed by atoms with Crippen LogP contribution in [0.5, 0.6) is 5.75 Å². The Balaban J connectivity index is 2.09. The fraction of sp³-hybridized carbons (Fsp3) is 0.500. The monoisotopic (exact) mass is 282 g/mol. The van der Waals surface area contributed by atoms with Crippen molar-refractivity contribution < 1.29 is 9.90 Å². The molecule has 1 heterocycles. The number of benzene rings is 1. The second kappa shape index (κ2) is 5.80. The van der Waals surface area contributed by atoms with Gasteiger partial charge in [-0.2, -0.15) is 0 Å². The van der Waals surface area contributed by atoms with Crippen LogP contribution in [0, 0.1) is 0 Å². The molecular weight excluding hydrogens is 264 g/mol. The van der Waals surface area contributed by atoms with Gasteiger partial charge in [-0.05, 0) is 44.9 Å². The number of carbonyl (C=O) groups is 1. The first kappa shape index (κ1) is 14.2. The minimum atomic E-state index is -0.192. The van der Waals surface area contributed by atoms with E-state index < -0.39 is 0 Å². The summed E-state index contributed by atoms with van der Waals surface area (Å²) in [6, 6.07) is 5.14. The SMILES string of the molecule is CC1CCCC(C)N1NC(=O)c1ccc(O)c(Cl)c1. The molecule has 104 valence electrons. The predicted molar refractivity (Wildman–Crippen MR) is 75.2 cm³/mol. The highest BCUT2D eigenvalue weighted by atomic mass is 35.5. The fourth-order valence-electron chi connectivity index (χ4n) is 2.47. The number of rotatable bonds is 2. The molecule has 0 bridgehead atoms.